The van der Waals surface area contributed by atoms with Crippen LogP contribution in [0.4, 0.5) is 5.69 Å². The molecule has 0 radical (unpaired) electrons. The molecular weight excluding hydrogens is 290 g/mol. The van der Waals surface area contributed by atoms with E-state index in [1.165, 1.54) is 0 Å². The van der Waals surface area contributed by atoms with Crippen LogP contribution in [0.3, 0.4) is 0 Å². The highest BCUT2D eigenvalue weighted by atomic mass is 35.5. The molecule has 0 spiro atoms. The molecule has 2 rings (SSSR count). The van der Waals surface area contributed by atoms with E-state index in [0.717, 1.165) is 5.56 Å². The lowest BCUT2D eigenvalue weighted by Gasteiger charge is -2.10. The van der Waals surface area contributed by atoms with Gasteiger partial charge in [0.25, 0.3) is 5.91 Å². The minimum Gasteiger partial charge on any atom is -0.359 e. The number of amides is 2. The predicted molar refractivity (Wildman–Crippen MR) is 81.4 cm³/mol. The maximum atomic E-state index is 12.1. The number of hydrogen-bond acceptors (Lipinski definition) is 3. The fourth-order valence-electron chi connectivity index (χ4n) is 1.78. The fraction of sp³-hybridized carbons (Fsp3) is 0.133. The Labute approximate surface area is 127 Å². The molecule has 0 saturated heterocycles. The van der Waals surface area contributed by atoms with Crippen LogP contribution in [0.15, 0.2) is 42.5 Å². The Hall–Kier alpha value is -2.40. The number of nitrogens with one attached hydrogen (secondary N) is 2. The van der Waals surface area contributed by atoms with Crippen LogP contribution in [0.5, 0.6) is 0 Å². The lowest BCUT2D eigenvalue weighted by atomic mass is 10.1. The largest absolute Gasteiger partial charge is 0.359 e. The van der Waals surface area contributed by atoms with Crippen LogP contribution in [-0.4, -0.2) is 23.8 Å². The zero-order valence-electron chi connectivity index (χ0n) is 11.4. The number of carbonyl (C=O) groups excluding carboxylic acids is 2. The zero-order chi connectivity index (χ0) is 15.2. The summed E-state index contributed by atoms with van der Waals surface area (Å²) in [5.41, 5.74) is 1.53. The number of benzene rings is 1. The molecule has 108 valence electrons. The summed E-state index contributed by atoms with van der Waals surface area (Å²) in [6.45, 7) is 0. The van der Waals surface area contributed by atoms with E-state index in [1.54, 1.807) is 43.4 Å². The van der Waals surface area contributed by atoms with Crippen molar-refractivity contribution in [2.75, 3.05) is 12.4 Å². The van der Waals surface area contributed by atoms with Gasteiger partial charge in [0.05, 0.1) is 6.42 Å². The van der Waals surface area contributed by atoms with Gasteiger partial charge in [-0.25, -0.2) is 4.98 Å². The van der Waals surface area contributed by atoms with Gasteiger partial charge in [0.2, 0.25) is 5.91 Å². The zero-order valence-corrected chi connectivity index (χ0v) is 12.1. The van der Waals surface area contributed by atoms with Gasteiger partial charge in [-0.15, -0.1) is 0 Å². The fourth-order valence-corrected chi connectivity index (χ4v) is 1.94. The SMILES string of the molecule is CNC(=O)Cc1ccccc1NC(=O)c1cccc(Cl)n1. The Bertz CT molecular complexity index is 673. The van der Waals surface area contributed by atoms with E-state index >= 15 is 0 Å². The second kappa shape index (κ2) is 6.85. The average Bonchev–Trinajstić information content (AvgIpc) is 2.49. The third kappa shape index (κ3) is 4.03. The number of anilines is 1. The maximum absolute atomic E-state index is 12.1. The number of para-hydroxylation sites is 1. The van der Waals surface area contributed by atoms with E-state index in [1.807, 2.05) is 6.07 Å². The van der Waals surface area contributed by atoms with Crippen LogP contribution in [0.25, 0.3) is 0 Å². The number of rotatable bonds is 4. The molecule has 0 atom stereocenters. The monoisotopic (exact) mass is 303 g/mol. The summed E-state index contributed by atoms with van der Waals surface area (Å²) in [5.74, 6) is -0.501. The Morgan fingerprint density at radius 2 is 1.90 bits per heavy atom. The third-order valence-electron chi connectivity index (χ3n) is 2.84. The molecule has 6 heteroatoms. The molecule has 0 aliphatic carbocycles. The molecule has 0 unspecified atom stereocenters. The number of pyridine rings is 1. The Morgan fingerprint density at radius 3 is 2.62 bits per heavy atom. The molecule has 0 fully saturated rings. The first-order valence-corrected chi connectivity index (χ1v) is 6.70. The topological polar surface area (TPSA) is 71.1 Å². The predicted octanol–water partition coefficient (Wildman–Crippen LogP) is 2.28. The molecule has 5 nitrogen and oxygen atoms in total. The van der Waals surface area contributed by atoms with Gasteiger partial charge in [0.1, 0.15) is 10.8 Å². The van der Waals surface area contributed by atoms with Crippen LogP contribution in [0.1, 0.15) is 16.1 Å². The van der Waals surface area contributed by atoms with Crippen molar-refractivity contribution in [1.82, 2.24) is 10.3 Å². The Morgan fingerprint density at radius 1 is 1.14 bits per heavy atom. The summed E-state index contributed by atoms with van der Waals surface area (Å²) >= 11 is 5.77. The van der Waals surface area contributed by atoms with Gasteiger partial charge in [0.15, 0.2) is 0 Å². The smallest absolute Gasteiger partial charge is 0.274 e. The number of likely N-dealkylation sites (N-methyl/N-ethyl adjacent to an activating group) is 1. The van der Waals surface area contributed by atoms with Crippen molar-refractivity contribution in [3.63, 3.8) is 0 Å². The Balaban J connectivity index is 2.19. The van der Waals surface area contributed by atoms with E-state index < -0.39 is 0 Å². The van der Waals surface area contributed by atoms with E-state index in [0.29, 0.717) is 5.69 Å². The van der Waals surface area contributed by atoms with Crippen LogP contribution in [0, 0.1) is 0 Å². The molecule has 2 aromatic rings. The summed E-state index contributed by atoms with van der Waals surface area (Å²) in [4.78, 5) is 27.6. The van der Waals surface area contributed by atoms with Gasteiger partial charge in [-0.05, 0) is 23.8 Å². The van der Waals surface area contributed by atoms with Crippen molar-refractivity contribution < 1.29 is 9.59 Å². The lowest BCUT2D eigenvalue weighted by Crippen LogP contribution is -2.21. The summed E-state index contributed by atoms with van der Waals surface area (Å²) in [6, 6.07) is 11.9. The number of nitrogens with zero attached hydrogens (tertiary/aromatic N) is 1. The van der Waals surface area contributed by atoms with Crippen molar-refractivity contribution in [3.8, 4) is 0 Å². The molecule has 21 heavy (non-hydrogen) atoms. The standard InChI is InChI=1S/C15H14ClN3O2/c1-17-14(20)9-10-5-2-3-6-11(10)19-15(21)12-7-4-8-13(16)18-12/h2-8H,9H2,1H3,(H,17,20)(H,19,21). The average molecular weight is 304 g/mol. The molecule has 0 aliphatic rings. The van der Waals surface area contributed by atoms with Gasteiger partial charge in [0, 0.05) is 12.7 Å². The molecule has 2 N–H and O–H groups in total. The van der Waals surface area contributed by atoms with E-state index in [9.17, 15) is 9.59 Å². The van der Waals surface area contributed by atoms with Crippen LogP contribution >= 0.6 is 11.6 Å². The maximum Gasteiger partial charge on any atom is 0.274 e. The van der Waals surface area contributed by atoms with Crippen molar-refractivity contribution in [1.29, 1.82) is 0 Å². The molecule has 1 aromatic carbocycles. The number of hydrogen-bond donors (Lipinski definition) is 2. The molecule has 0 saturated carbocycles. The van der Waals surface area contributed by atoms with Crippen molar-refractivity contribution in [2.24, 2.45) is 0 Å². The minimum absolute atomic E-state index is 0.127. The normalized spacial score (nSPS) is 10.0. The highest BCUT2D eigenvalue weighted by Gasteiger charge is 2.12. The summed E-state index contributed by atoms with van der Waals surface area (Å²) in [7, 11) is 1.57. The molecule has 2 amide bonds. The lowest BCUT2D eigenvalue weighted by molar-refractivity contribution is -0.119. The van der Waals surface area contributed by atoms with Crippen LogP contribution < -0.4 is 10.6 Å². The van der Waals surface area contributed by atoms with E-state index in [4.69, 9.17) is 11.6 Å². The van der Waals surface area contributed by atoms with Crippen molar-refractivity contribution in [2.45, 2.75) is 6.42 Å². The first-order valence-electron chi connectivity index (χ1n) is 6.32. The molecular formula is C15H14ClN3O2. The van der Waals surface area contributed by atoms with Gasteiger partial charge < -0.3 is 10.6 Å². The second-order valence-electron chi connectivity index (χ2n) is 4.31. The van der Waals surface area contributed by atoms with Crippen LogP contribution in [-0.2, 0) is 11.2 Å². The van der Waals surface area contributed by atoms with Gasteiger partial charge in [-0.2, -0.15) is 0 Å². The minimum atomic E-state index is -0.373. The number of carbonyl (C=O) groups is 2. The van der Waals surface area contributed by atoms with Gasteiger partial charge >= 0.3 is 0 Å². The summed E-state index contributed by atoms with van der Waals surface area (Å²) < 4.78 is 0. The first-order chi connectivity index (χ1) is 10.1. The quantitative estimate of drug-likeness (QED) is 0.851. The van der Waals surface area contributed by atoms with E-state index in [-0.39, 0.29) is 29.1 Å². The van der Waals surface area contributed by atoms with E-state index in [2.05, 4.69) is 15.6 Å². The number of aromatic nitrogens is 1. The first kappa shape index (κ1) is 15.0. The Kier molecular flexibility index (Phi) is 4.90. The summed E-state index contributed by atoms with van der Waals surface area (Å²) in [5, 5.41) is 5.55. The molecule has 0 bridgehead atoms. The van der Waals surface area contributed by atoms with Gasteiger partial charge in [-0.3, -0.25) is 9.59 Å². The van der Waals surface area contributed by atoms with Crippen molar-refractivity contribution in [3.05, 3.63) is 58.9 Å². The van der Waals surface area contributed by atoms with Crippen LogP contribution in [0.2, 0.25) is 5.15 Å². The molecule has 1 heterocycles. The highest BCUT2D eigenvalue weighted by Crippen LogP contribution is 2.17. The molecule has 0 aliphatic heterocycles. The second-order valence-corrected chi connectivity index (χ2v) is 4.69. The highest BCUT2D eigenvalue weighted by molar-refractivity contribution is 6.29. The third-order valence-corrected chi connectivity index (χ3v) is 3.05. The number of halogens is 1. The van der Waals surface area contributed by atoms with Gasteiger partial charge in [-0.1, -0.05) is 35.9 Å². The summed E-state index contributed by atoms with van der Waals surface area (Å²) in [6.07, 6.45) is 0.190. The molecule has 1 aromatic heterocycles. The van der Waals surface area contributed by atoms with Crippen molar-refractivity contribution >= 4 is 29.1 Å².